The maximum absolute atomic E-state index is 3.74. The minimum Gasteiger partial charge on any atom is -0.371 e. The maximum atomic E-state index is 3.74. The monoisotopic (exact) mass is 274 g/mol. The Bertz CT molecular complexity index is 385. The van der Waals surface area contributed by atoms with Gasteiger partial charge in [0, 0.05) is 24.8 Å². The zero-order valence-electron chi connectivity index (χ0n) is 13.4. The van der Waals surface area contributed by atoms with Gasteiger partial charge in [0.1, 0.15) is 0 Å². The van der Waals surface area contributed by atoms with Crippen LogP contribution >= 0.6 is 0 Å². The van der Waals surface area contributed by atoms with Crippen molar-refractivity contribution >= 4 is 5.69 Å². The molecule has 1 fully saturated rings. The molecule has 1 aromatic rings. The Morgan fingerprint density at radius 1 is 1.15 bits per heavy atom. The Morgan fingerprint density at radius 2 is 1.90 bits per heavy atom. The lowest BCUT2D eigenvalue weighted by Crippen LogP contribution is -2.39. The molecule has 0 bridgehead atoms. The first-order valence-corrected chi connectivity index (χ1v) is 8.29. The molecule has 1 aliphatic carbocycles. The molecule has 1 aromatic carbocycles. The van der Waals surface area contributed by atoms with Crippen molar-refractivity contribution in [2.45, 2.75) is 52.5 Å². The normalized spacial score (nSPS) is 22.1. The second-order valence-electron chi connectivity index (χ2n) is 6.13. The van der Waals surface area contributed by atoms with Gasteiger partial charge in [-0.3, -0.25) is 0 Å². The van der Waals surface area contributed by atoms with Crippen LogP contribution in [0.2, 0.25) is 0 Å². The van der Waals surface area contributed by atoms with Crippen molar-refractivity contribution in [3.8, 4) is 0 Å². The van der Waals surface area contributed by atoms with Gasteiger partial charge in [0.05, 0.1) is 0 Å². The van der Waals surface area contributed by atoms with Crippen molar-refractivity contribution in [1.82, 2.24) is 5.32 Å². The van der Waals surface area contributed by atoms with E-state index in [4.69, 9.17) is 0 Å². The van der Waals surface area contributed by atoms with E-state index in [-0.39, 0.29) is 0 Å². The van der Waals surface area contributed by atoms with Gasteiger partial charge in [-0.2, -0.15) is 0 Å². The lowest BCUT2D eigenvalue weighted by molar-refractivity contribution is 0.400. The summed E-state index contributed by atoms with van der Waals surface area (Å²) >= 11 is 0. The highest BCUT2D eigenvalue weighted by atomic mass is 15.1. The molecule has 1 saturated carbocycles. The lowest BCUT2D eigenvalue weighted by atomic mass is 10.0. The third-order valence-corrected chi connectivity index (χ3v) is 4.55. The van der Waals surface area contributed by atoms with Crippen LogP contribution in [0.1, 0.15) is 45.1 Å². The van der Waals surface area contributed by atoms with E-state index in [1.165, 1.54) is 43.5 Å². The van der Waals surface area contributed by atoms with Gasteiger partial charge in [0.2, 0.25) is 0 Å². The second-order valence-corrected chi connectivity index (χ2v) is 6.13. The molecule has 2 heteroatoms. The fourth-order valence-electron chi connectivity index (χ4n) is 3.31. The van der Waals surface area contributed by atoms with E-state index in [0.717, 1.165) is 25.0 Å². The Hall–Kier alpha value is -1.02. The average molecular weight is 274 g/mol. The summed E-state index contributed by atoms with van der Waals surface area (Å²) in [6, 6.07) is 9.71. The van der Waals surface area contributed by atoms with Gasteiger partial charge in [-0.25, -0.2) is 0 Å². The summed E-state index contributed by atoms with van der Waals surface area (Å²) in [5, 5.41) is 3.74. The van der Waals surface area contributed by atoms with Crippen molar-refractivity contribution < 1.29 is 0 Å². The molecule has 0 amide bonds. The van der Waals surface area contributed by atoms with Crippen molar-refractivity contribution in [1.29, 1.82) is 0 Å². The fraction of sp³-hybridized carbons (Fsp3) is 0.667. The Balaban J connectivity index is 1.96. The van der Waals surface area contributed by atoms with E-state index < -0.39 is 0 Å². The van der Waals surface area contributed by atoms with E-state index in [0.29, 0.717) is 0 Å². The predicted molar refractivity (Wildman–Crippen MR) is 88.5 cm³/mol. The number of benzene rings is 1. The van der Waals surface area contributed by atoms with Gasteiger partial charge < -0.3 is 10.2 Å². The van der Waals surface area contributed by atoms with Crippen LogP contribution in [0.4, 0.5) is 5.69 Å². The number of hydrogen-bond donors (Lipinski definition) is 1. The first-order valence-electron chi connectivity index (χ1n) is 8.29. The smallest absolute Gasteiger partial charge is 0.0366 e. The molecule has 20 heavy (non-hydrogen) atoms. The van der Waals surface area contributed by atoms with Crippen molar-refractivity contribution in [3.05, 3.63) is 29.8 Å². The van der Waals surface area contributed by atoms with E-state index in [9.17, 15) is 0 Å². The van der Waals surface area contributed by atoms with Gasteiger partial charge in [-0.15, -0.1) is 0 Å². The molecular formula is C18H30N2. The SMILES string of the molecule is CCCNC1CCCC1CN(CC)c1ccc(C)cc1. The van der Waals surface area contributed by atoms with Crippen molar-refractivity contribution in [2.24, 2.45) is 5.92 Å². The molecule has 0 heterocycles. The minimum absolute atomic E-state index is 0.731. The quantitative estimate of drug-likeness (QED) is 0.809. The number of aryl methyl sites for hydroxylation is 1. The van der Waals surface area contributed by atoms with Crippen LogP contribution in [-0.2, 0) is 0 Å². The zero-order chi connectivity index (χ0) is 14.4. The van der Waals surface area contributed by atoms with E-state index >= 15 is 0 Å². The Morgan fingerprint density at radius 3 is 2.55 bits per heavy atom. The molecule has 1 N–H and O–H groups in total. The molecule has 0 radical (unpaired) electrons. The molecule has 1 aliphatic rings. The first-order chi connectivity index (χ1) is 9.74. The number of anilines is 1. The van der Waals surface area contributed by atoms with Gasteiger partial charge in [-0.1, -0.05) is 31.0 Å². The maximum Gasteiger partial charge on any atom is 0.0366 e. The first kappa shape index (κ1) is 15.4. The molecule has 2 unspecified atom stereocenters. The zero-order valence-corrected chi connectivity index (χ0v) is 13.4. The summed E-state index contributed by atoms with van der Waals surface area (Å²) < 4.78 is 0. The third kappa shape index (κ3) is 3.99. The van der Waals surface area contributed by atoms with Crippen LogP contribution in [0.15, 0.2) is 24.3 Å². The molecule has 0 saturated heterocycles. The molecule has 2 atom stereocenters. The summed E-state index contributed by atoms with van der Waals surface area (Å²) in [6.07, 6.45) is 5.36. The molecule has 0 spiro atoms. The van der Waals surface area contributed by atoms with Crippen molar-refractivity contribution in [3.63, 3.8) is 0 Å². The highest BCUT2D eigenvalue weighted by molar-refractivity contribution is 5.47. The van der Waals surface area contributed by atoms with Crippen LogP contribution < -0.4 is 10.2 Å². The Labute approximate surface area is 124 Å². The molecule has 0 aliphatic heterocycles. The van der Waals surface area contributed by atoms with Crippen LogP contribution in [0.5, 0.6) is 0 Å². The summed E-state index contributed by atoms with van der Waals surface area (Å²) in [4.78, 5) is 2.54. The van der Waals surface area contributed by atoms with E-state index in [2.05, 4.69) is 55.3 Å². The standard InChI is InChI=1S/C18H30N2/c1-4-13-19-18-8-6-7-16(18)14-20(5-2)17-11-9-15(3)10-12-17/h9-12,16,18-19H,4-8,13-14H2,1-3H3. The van der Waals surface area contributed by atoms with Crippen molar-refractivity contribution in [2.75, 3.05) is 24.5 Å². The van der Waals surface area contributed by atoms with Crippen LogP contribution in [0.3, 0.4) is 0 Å². The van der Waals surface area contributed by atoms with Crippen LogP contribution in [-0.4, -0.2) is 25.7 Å². The minimum atomic E-state index is 0.731. The summed E-state index contributed by atoms with van der Waals surface area (Å²) in [5.41, 5.74) is 2.72. The number of rotatable bonds is 7. The van der Waals surface area contributed by atoms with Gasteiger partial charge in [-0.05, 0) is 57.7 Å². The largest absolute Gasteiger partial charge is 0.371 e. The summed E-state index contributed by atoms with van der Waals surface area (Å²) in [7, 11) is 0. The Kier molecular flexibility index (Phi) is 5.90. The summed E-state index contributed by atoms with van der Waals surface area (Å²) in [5.74, 6) is 0.808. The average Bonchev–Trinajstić information content (AvgIpc) is 2.91. The summed E-state index contributed by atoms with van der Waals surface area (Å²) in [6.45, 7) is 10.1. The van der Waals surface area contributed by atoms with E-state index in [1.807, 2.05) is 0 Å². The topological polar surface area (TPSA) is 15.3 Å². The molecule has 0 aromatic heterocycles. The molecule has 2 nitrogen and oxygen atoms in total. The molecule has 2 rings (SSSR count). The molecule has 112 valence electrons. The number of nitrogens with zero attached hydrogens (tertiary/aromatic N) is 1. The lowest BCUT2D eigenvalue weighted by Gasteiger charge is -2.30. The van der Waals surface area contributed by atoms with E-state index in [1.54, 1.807) is 0 Å². The van der Waals surface area contributed by atoms with Gasteiger partial charge in [0.15, 0.2) is 0 Å². The number of nitrogens with one attached hydrogen (secondary N) is 1. The highest BCUT2D eigenvalue weighted by Gasteiger charge is 2.28. The number of hydrogen-bond acceptors (Lipinski definition) is 2. The highest BCUT2D eigenvalue weighted by Crippen LogP contribution is 2.28. The van der Waals surface area contributed by atoms with Crippen LogP contribution in [0, 0.1) is 12.8 Å². The third-order valence-electron chi connectivity index (χ3n) is 4.55. The second kappa shape index (κ2) is 7.68. The van der Waals surface area contributed by atoms with Gasteiger partial charge >= 0.3 is 0 Å². The predicted octanol–water partition coefficient (Wildman–Crippen LogP) is 3.99. The fourth-order valence-corrected chi connectivity index (χ4v) is 3.31. The van der Waals surface area contributed by atoms with Crippen LogP contribution in [0.25, 0.3) is 0 Å². The van der Waals surface area contributed by atoms with Gasteiger partial charge in [0.25, 0.3) is 0 Å². The molecular weight excluding hydrogens is 244 g/mol.